The van der Waals surface area contributed by atoms with E-state index in [-0.39, 0.29) is 24.2 Å². The lowest BCUT2D eigenvalue weighted by Gasteiger charge is -2.62. The molecule has 1 saturated carbocycles. The maximum absolute atomic E-state index is 12.7. The number of likely N-dealkylation sites (tertiary alicyclic amines) is 1. The van der Waals surface area contributed by atoms with Crippen molar-refractivity contribution < 1.29 is 19.4 Å². The lowest BCUT2D eigenvalue weighted by Crippen LogP contribution is -2.76. The third kappa shape index (κ3) is 1.52. The van der Waals surface area contributed by atoms with Crippen molar-refractivity contribution in [1.82, 2.24) is 4.90 Å². The van der Waals surface area contributed by atoms with Crippen LogP contribution in [-0.4, -0.2) is 54.2 Å². The Morgan fingerprint density at radius 1 is 1.38 bits per heavy atom. The number of ether oxygens (including phenoxy) is 2. The van der Waals surface area contributed by atoms with Crippen LogP contribution in [0.1, 0.15) is 30.4 Å². The monoisotopic (exact) mass is 351 g/mol. The summed E-state index contributed by atoms with van der Waals surface area (Å²) in [4.78, 5) is 14.9. The Morgan fingerprint density at radius 3 is 2.92 bits per heavy atom. The summed E-state index contributed by atoms with van der Waals surface area (Å²) >= 11 is 0. The van der Waals surface area contributed by atoms with Crippen LogP contribution in [0.25, 0.3) is 0 Å². The normalized spacial score (nSPS) is 38.9. The number of rotatable bonds is 1. The van der Waals surface area contributed by atoms with Crippen molar-refractivity contribution in [2.75, 3.05) is 20.7 Å². The molecule has 1 N–H and O–H groups in total. The molecule has 1 spiro atoms. The van der Waals surface area contributed by atoms with E-state index in [9.17, 15) is 9.90 Å². The van der Waals surface area contributed by atoms with Crippen LogP contribution in [0.3, 0.4) is 0 Å². The van der Waals surface area contributed by atoms with Gasteiger partial charge < -0.3 is 19.5 Å². The van der Waals surface area contributed by atoms with Crippen LogP contribution in [0.2, 0.25) is 0 Å². The van der Waals surface area contributed by atoms with Crippen molar-refractivity contribution in [3.8, 4) is 11.5 Å². The number of aliphatic hydroxyl groups is 1. The van der Waals surface area contributed by atoms with Gasteiger partial charge >= 0.3 is 0 Å². The Balaban J connectivity index is 0.00000146. The van der Waals surface area contributed by atoms with E-state index in [0.29, 0.717) is 24.3 Å². The summed E-state index contributed by atoms with van der Waals surface area (Å²) in [6.45, 7) is 0.871. The molecule has 5 rings (SSSR count). The van der Waals surface area contributed by atoms with Crippen molar-refractivity contribution in [3.63, 3.8) is 0 Å². The fraction of sp³-hybridized carbons (Fsp3) is 0.611. The second kappa shape index (κ2) is 4.87. The summed E-state index contributed by atoms with van der Waals surface area (Å²) < 4.78 is 11.6. The highest BCUT2D eigenvalue weighted by Gasteiger charge is 2.72. The summed E-state index contributed by atoms with van der Waals surface area (Å²) in [5.74, 6) is 1.47. The number of halogens is 1. The minimum Gasteiger partial charge on any atom is -0.493 e. The van der Waals surface area contributed by atoms with Crippen molar-refractivity contribution in [2.45, 2.75) is 48.8 Å². The minimum absolute atomic E-state index is 0. The highest BCUT2D eigenvalue weighted by Crippen LogP contribution is 2.64. The van der Waals surface area contributed by atoms with Gasteiger partial charge in [0.2, 0.25) is 0 Å². The molecule has 1 aromatic carbocycles. The topological polar surface area (TPSA) is 59.0 Å². The number of carbonyl (C=O) groups is 1. The number of hydrogen-bond donors (Lipinski definition) is 1. The van der Waals surface area contributed by atoms with E-state index >= 15 is 0 Å². The average molecular weight is 352 g/mol. The van der Waals surface area contributed by atoms with Gasteiger partial charge in [0.05, 0.1) is 18.1 Å². The molecule has 2 aliphatic heterocycles. The van der Waals surface area contributed by atoms with Gasteiger partial charge in [-0.05, 0) is 44.5 Å². The van der Waals surface area contributed by atoms with Crippen LogP contribution in [0.5, 0.6) is 11.5 Å². The fourth-order valence-electron chi connectivity index (χ4n) is 5.69. The maximum Gasteiger partial charge on any atom is 0.174 e. The van der Waals surface area contributed by atoms with Crippen LogP contribution < -0.4 is 9.47 Å². The molecule has 5 nitrogen and oxygen atoms in total. The van der Waals surface area contributed by atoms with Crippen LogP contribution in [0.4, 0.5) is 0 Å². The molecule has 0 radical (unpaired) electrons. The molecule has 24 heavy (non-hydrogen) atoms. The molecule has 4 aliphatic rings. The molecule has 0 amide bonds. The first kappa shape index (κ1) is 16.2. The smallest absolute Gasteiger partial charge is 0.174 e. The standard InChI is InChI=1S/C18H21NO4.ClH/c1-19-8-7-17-14-10-3-4-12(22-2)15(14)23-16(17)11(20)5-6-18(17,21)13(19)9-10;/h3-4,13,16,21H,5-9H2,1-2H3;1H/t13?,16-,17+,18?;/m1./s1. The Bertz CT molecular complexity index is 738. The van der Waals surface area contributed by atoms with Gasteiger partial charge in [0.25, 0.3) is 0 Å². The van der Waals surface area contributed by atoms with Gasteiger partial charge in [-0.1, -0.05) is 6.07 Å². The molecule has 6 heteroatoms. The number of hydrogen-bond acceptors (Lipinski definition) is 5. The number of likely N-dealkylation sites (N-methyl/N-ethyl adjacent to an activating group) is 1. The second-order valence-electron chi connectivity index (χ2n) is 7.44. The van der Waals surface area contributed by atoms with E-state index < -0.39 is 17.1 Å². The SMILES string of the molecule is COc1ccc2c3c1O[C@@H]1C(=O)CCC4(O)C(C2)N(C)CC[C@]314.Cl. The fourth-order valence-corrected chi connectivity index (χ4v) is 5.69. The summed E-state index contributed by atoms with van der Waals surface area (Å²) in [6.07, 6.45) is 1.89. The number of methoxy groups -OCH3 is 1. The van der Waals surface area contributed by atoms with Gasteiger partial charge in [0.15, 0.2) is 23.4 Å². The largest absolute Gasteiger partial charge is 0.493 e. The molecule has 0 aromatic heterocycles. The van der Waals surface area contributed by atoms with Crippen LogP contribution in [0, 0.1) is 0 Å². The number of benzene rings is 1. The quantitative estimate of drug-likeness (QED) is 0.830. The average Bonchev–Trinajstić information content (AvgIpc) is 2.90. The molecular weight excluding hydrogens is 330 g/mol. The molecule has 130 valence electrons. The third-order valence-electron chi connectivity index (χ3n) is 6.73. The van der Waals surface area contributed by atoms with E-state index in [1.54, 1.807) is 7.11 Å². The van der Waals surface area contributed by atoms with Crippen molar-refractivity contribution in [2.24, 2.45) is 0 Å². The summed E-state index contributed by atoms with van der Waals surface area (Å²) in [6, 6.07) is 4.05. The molecular formula is C18H22ClNO4. The van der Waals surface area contributed by atoms with Crippen LogP contribution in [0.15, 0.2) is 12.1 Å². The summed E-state index contributed by atoms with van der Waals surface area (Å²) in [5.41, 5.74) is 0.737. The Labute approximate surface area is 147 Å². The van der Waals surface area contributed by atoms with Gasteiger partial charge in [0.1, 0.15) is 0 Å². The highest BCUT2D eigenvalue weighted by atomic mass is 35.5. The maximum atomic E-state index is 12.7. The van der Waals surface area contributed by atoms with Crippen LogP contribution in [-0.2, 0) is 16.6 Å². The molecule has 2 heterocycles. The number of carbonyl (C=O) groups excluding carboxylic acids is 1. The lowest BCUT2D eigenvalue weighted by molar-refractivity contribution is -0.185. The Morgan fingerprint density at radius 2 is 2.17 bits per heavy atom. The predicted octanol–water partition coefficient (Wildman–Crippen LogP) is 1.47. The molecule has 1 aromatic rings. The number of Topliss-reactive ketones (excluding diaryl/α,β-unsaturated/α-hetero) is 1. The lowest BCUT2D eigenvalue weighted by atomic mass is 9.49. The predicted molar refractivity (Wildman–Crippen MR) is 90.3 cm³/mol. The van der Waals surface area contributed by atoms with Crippen molar-refractivity contribution >= 4 is 18.2 Å². The van der Waals surface area contributed by atoms with E-state index in [1.807, 2.05) is 6.07 Å². The Hall–Kier alpha value is -1.30. The molecule has 2 unspecified atom stereocenters. The van der Waals surface area contributed by atoms with Gasteiger partial charge in [0, 0.05) is 18.0 Å². The Kier molecular flexibility index (Phi) is 3.28. The first-order chi connectivity index (χ1) is 11.0. The molecule has 4 atom stereocenters. The van der Waals surface area contributed by atoms with Gasteiger partial charge in [-0.3, -0.25) is 4.79 Å². The molecule has 2 fully saturated rings. The zero-order valence-electron chi connectivity index (χ0n) is 13.9. The number of nitrogens with zero attached hydrogens (tertiary/aromatic N) is 1. The molecule has 2 aliphatic carbocycles. The van der Waals surface area contributed by atoms with Crippen molar-refractivity contribution in [1.29, 1.82) is 0 Å². The molecule has 1 saturated heterocycles. The van der Waals surface area contributed by atoms with E-state index in [1.165, 1.54) is 5.56 Å². The summed E-state index contributed by atoms with van der Waals surface area (Å²) in [5, 5.41) is 11.7. The van der Waals surface area contributed by atoms with E-state index in [0.717, 1.165) is 24.9 Å². The van der Waals surface area contributed by atoms with E-state index in [2.05, 4.69) is 18.0 Å². The highest BCUT2D eigenvalue weighted by molar-refractivity contribution is 5.90. The van der Waals surface area contributed by atoms with Gasteiger partial charge in [-0.15, -0.1) is 12.4 Å². The zero-order valence-corrected chi connectivity index (χ0v) is 14.7. The second-order valence-corrected chi connectivity index (χ2v) is 7.44. The van der Waals surface area contributed by atoms with Gasteiger partial charge in [-0.2, -0.15) is 0 Å². The van der Waals surface area contributed by atoms with E-state index in [4.69, 9.17) is 9.47 Å². The van der Waals surface area contributed by atoms with Crippen molar-refractivity contribution in [3.05, 3.63) is 23.3 Å². The zero-order chi connectivity index (χ0) is 16.0. The number of ketones is 1. The van der Waals surface area contributed by atoms with Gasteiger partial charge in [-0.25, -0.2) is 0 Å². The first-order valence-electron chi connectivity index (χ1n) is 8.35. The summed E-state index contributed by atoms with van der Waals surface area (Å²) in [7, 11) is 3.70. The third-order valence-corrected chi connectivity index (χ3v) is 6.73. The van der Waals surface area contributed by atoms with Crippen LogP contribution >= 0.6 is 12.4 Å². The molecule has 2 bridgehead atoms. The number of piperidine rings is 1. The minimum atomic E-state index is -0.900. The first-order valence-corrected chi connectivity index (χ1v) is 8.35.